The van der Waals surface area contributed by atoms with Crippen molar-refractivity contribution >= 4 is 11.9 Å². The maximum Gasteiger partial charge on any atom is 0.417 e. The number of aliphatic carboxylic acids is 1. The Kier molecular flexibility index (Phi) is 3.85. The molecule has 1 aromatic carbocycles. The minimum atomic E-state index is -1.57. The summed E-state index contributed by atoms with van der Waals surface area (Å²) in [6.07, 6.45) is 0.940. The molecule has 0 aromatic heterocycles. The fraction of sp³-hybridized carbons (Fsp3) is 0.273. The average molecular weight is 208 g/mol. The molecule has 0 fully saturated rings. The molecule has 0 bridgehead atoms. The number of carboxylic acids is 1. The van der Waals surface area contributed by atoms with E-state index in [1.54, 1.807) is 0 Å². The Balaban J connectivity index is 2.51. The zero-order valence-electron chi connectivity index (χ0n) is 8.40. The molecule has 15 heavy (non-hydrogen) atoms. The van der Waals surface area contributed by atoms with Crippen LogP contribution in [0.3, 0.4) is 0 Å². The second-order valence-corrected chi connectivity index (χ2v) is 3.05. The topological polar surface area (TPSA) is 63.6 Å². The number of rotatable bonds is 3. The fourth-order valence-corrected chi connectivity index (χ4v) is 1.08. The van der Waals surface area contributed by atoms with Crippen molar-refractivity contribution in [1.82, 2.24) is 0 Å². The molecule has 80 valence electrons. The molecule has 4 nitrogen and oxygen atoms in total. The van der Waals surface area contributed by atoms with Crippen LogP contribution in [0.2, 0.25) is 0 Å². The normalized spacial score (nSPS) is 9.67. The van der Waals surface area contributed by atoms with Crippen LogP contribution in [0.5, 0.6) is 0 Å². The monoisotopic (exact) mass is 208 g/mol. The molecule has 1 rings (SSSR count). The highest BCUT2D eigenvalue weighted by Gasteiger charge is 2.12. The van der Waals surface area contributed by atoms with Gasteiger partial charge in [0.15, 0.2) is 0 Å². The number of carboxylic acid groups (broad SMARTS) is 1. The molecule has 0 spiro atoms. The van der Waals surface area contributed by atoms with E-state index in [-0.39, 0.29) is 6.61 Å². The Morgan fingerprint density at radius 3 is 2.20 bits per heavy atom. The number of ether oxygens (including phenoxy) is 1. The molecule has 0 saturated heterocycles. The SMILES string of the molecule is CCc1ccc(COC(=O)C(=O)O)cc1. The van der Waals surface area contributed by atoms with Crippen molar-refractivity contribution in [3.8, 4) is 0 Å². The van der Waals surface area contributed by atoms with E-state index in [0.717, 1.165) is 12.0 Å². The Labute approximate surface area is 87.5 Å². The lowest BCUT2D eigenvalue weighted by Gasteiger charge is -2.02. The second-order valence-electron chi connectivity index (χ2n) is 3.05. The molecule has 0 amide bonds. The summed E-state index contributed by atoms with van der Waals surface area (Å²) in [5.74, 6) is -2.80. The molecule has 0 radical (unpaired) electrons. The van der Waals surface area contributed by atoms with Gasteiger partial charge in [0.2, 0.25) is 0 Å². The molecule has 0 aliphatic heterocycles. The van der Waals surface area contributed by atoms with Gasteiger partial charge < -0.3 is 9.84 Å². The lowest BCUT2D eigenvalue weighted by molar-refractivity contribution is -0.164. The highest BCUT2D eigenvalue weighted by Crippen LogP contribution is 2.06. The Bertz CT molecular complexity index is 353. The molecule has 0 aliphatic carbocycles. The number of esters is 1. The van der Waals surface area contributed by atoms with Gasteiger partial charge in [-0.2, -0.15) is 0 Å². The molecule has 0 aliphatic rings. The Hall–Kier alpha value is -1.84. The van der Waals surface area contributed by atoms with Crippen LogP contribution < -0.4 is 0 Å². The van der Waals surface area contributed by atoms with Crippen molar-refractivity contribution in [2.24, 2.45) is 0 Å². The van der Waals surface area contributed by atoms with E-state index in [4.69, 9.17) is 5.11 Å². The Morgan fingerprint density at radius 1 is 1.20 bits per heavy atom. The molecule has 0 atom stereocenters. The number of hydrogen-bond acceptors (Lipinski definition) is 3. The molecule has 1 N–H and O–H groups in total. The van der Waals surface area contributed by atoms with E-state index in [1.807, 2.05) is 31.2 Å². The smallest absolute Gasteiger partial charge is 0.417 e. The van der Waals surface area contributed by atoms with Gasteiger partial charge in [-0.1, -0.05) is 31.2 Å². The van der Waals surface area contributed by atoms with Crippen molar-refractivity contribution < 1.29 is 19.4 Å². The van der Waals surface area contributed by atoms with Crippen molar-refractivity contribution in [1.29, 1.82) is 0 Å². The van der Waals surface area contributed by atoms with Crippen LogP contribution in [0.1, 0.15) is 18.1 Å². The van der Waals surface area contributed by atoms with Crippen molar-refractivity contribution in [2.75, 3.05) is 0 Å². The predicted octanol–water partition coefficient (Wildman–Crippen LogP) is 1.38. The first-order valence-electron chi connectivity index (χ1n) is 4.61. The summed E-state index contributed by atoms with van der Waals surface area (Å²) in [5, 5.41) is 8.27. The number of hydrogen-bond donors (Lipinski definition) is 1. The molecule has 0 unspecified atom stereocenters. The third-order valence-electron chi connectivity index (χ3n) is 1.98. The average Bonchev–Trinajstić information content (AvgIpc) is 2.26. The van der Waals surface area contributed by atoms with Gasteiger partial charge in [-0.3, -0.25) is 0 Å². The van der Waals surface area contributed by atoms with Gasteiger partial charge in [-0.05, 0) is 17.5 Å². The molecule has 4 heteroatoms. The maximum atomic E-state index is 10.6. The largest absolute Gasteiger partial charge is 0.473 e. The van der Waals surface area contributed by atoms with E-state index >= 15 is 0 Å². The first-order valence-corrected chi connectivity index (χ1v) is 4.61. The van der Waals surface area contributed by atoms with Crippen molar-refractivity contribution in [3.05, 3.63) is 35.4 Å². The summed E-state index contributed by atoms with van der Waals surface area (Å²) in [4.78, 5) is 20.8. The zero-order chi connectivity index (χ0) is 11.3. The van der Waals surface area contributed by atoms with Gasteiger partial charge in [0.25, 0.3) is 0 Å². The van der Waals surface area contributed by atoms with Crippen LogP contribution in [-0.2, 0) is 27.4 Å². The van der Waals surface area contributed by atoms with Gasteiger partial charge in [-0.15, -0.1) is 0 Å². The summed E-state index contributed by atoms with van der Waals surface area (Å²) in [6.45, 7) is 2.04. The minimum absolute atomic E-state index is 0.00483. The van der Waals surface area contributed by atoms with Crippen LogP contribution in [0.25, 0.3) is 0 Å². The predicted molar refractivity (Wildman–Crippen MR) is 53.3 cm³/mol. The van der Waals surface area contributed by atoms with Crippen LogP contribution in [0.15, 0.2) is 24.3 Å². The molecular weight excluding hydrogens is 196 g/mol. The lowest BCUT2D eigenvalue weighted by Crippen LogP contribution is -2.15. The standard InChI is InChI=1S/C11H12O4/c1-2-8-3-5-9(6-4-8)7-15-11(14)10(12)13/h3-6H,2,7H2,1H3,(H,12,13). The zero-order valence-corrected chi connectivity index (χ0v) is 8.40. The van der Waals surface area contributed by atoms with Gasteiger partial charge in [-0.25, -0.2) is 9.59 Å². The van der Waals surface area contributed by atoms with E-state index in [1.165, 1.54) is 5.56 Å². The van der Waals surface area contributed by atoms with Gasteiger partial charge in [0.1, 0.15) is 6.61 Å². The Morgan fingerprint density at radius 2 is 1.73 bits per heavy atom. The van der Waals surface area contributed by atoms with Crippen LogP contribution >= 0.6 is 0 Å². The highest BCUT2D eigenvalue weighted by atomic mass is 16.6. The molecule has 1 aromatic rings. The minimum Gasteiger partial charge on any atom is -0.473 e. The van der Waals surface area contributed by atoms with E-state index in [2.05, 4.69) is 4.74 Å². The summed E-state index contributed by atoms with van der Waals surface area (Å²) in [5.41, 5.74) is 1.96. The molecular formula is C11H12O4. The van der Waals surface area contributed by atoms with Crippen molar-refractivity contribution in [2.45, 2.75) is 20.0 Å². The van der Waals surface area contributed by atoms with E-state index in [0.29, 0.717) is 0 Å². The first kappa shape index (κ1) is 11.2. The second kappa shape index (κ2) is 5.14. The number of carbonyl (C=O) groups is 2. The summed E-state index contributed by atoms with van der Waals surface area (Å²) in [6, 6.07) is 7.47. The van der Waals surface area contributed by atoms with E-state index in [9.17, 15) is 9.59 Å². The maximum absolute atomic E-state index is 10.6. The molecule has 0 saturated carbocycles. The number of carbonyl (C=O) groups excluding carboxylic acids is 1. The van der Waals surface area contributed by atoms with Crippen LogP contribution in [0.4, 0.5) is 0 Å². The van der Waals surface area contributed by atoms with Crippen LogP contribution in [0, 0.1) is 0 Å². The fourth-order valence-electron chi connectivity index (χ4n) is 1.08. The highest BCUT2D eigenvalue weighted by molar-refractivity contribution is 6.28. The van der Waals surface area contributed by atoms with Gasteiger partial charge >= 0.3 is 11.9 Å². The first-order chi connectivity index (χ1) is 7.13. The van der Waals surface area contributed by atoms with Crippen LogP contribution in [-0.4, -0.2) is 17.0 Å². The molecule has 0 heterocycles. The summed E-state index contributed by atoms with van der Waals surface area (Å²) in [7, 11) is 0. The van der Waals surface area contributed by atoms with Crippen molar-refractivity contribution in [3.63, 3.8) is 0 Å². The summed E-state index contributed by atoms with van der Waals surface area (Å²) >= 11 is 0. The number of aryl methyl sites for hydroxylation is 1. The lowest BCUT2D eigenvalue weighted by atomic mass is 10.1. The third kappa shape index (κ3) is 3.42. The van der Waals surface area contributed by atoms with Gasteiger partial charge in [0, 0.05) is 0 Å². The van der Waals surface area contributed by atoms with E-state index < -0.39 is 11.9 Å². The third-order valence-corrected chi connectivity index (χ3v) is 1.98. The van der Waals surface area contributed by atoms with Gasteiger partial charge in [0.05, 0.1) is 0 Å². The summed E-state index contributed by atoms with van der Waals surface area (Å²) < 4.78 is 4.52. The number of benzene rings is 1. The quantitative estimate of drug-likeness (QED) is 0.602.